The molecule has 0 bridgehead atoms. The van der Waals surface area contributed by atoms with E-state index in [0.29, 0.717) is 16.5 Å². The van der Waals surface area contributed by atoms with Gasteiger partial charge in [0.05, 0.1) is 17.4 Å². The summed E-state index contributed by atoms with van der Waals surface area (Å²) in [6, 6.07) is 15.4. The van der Waals surface area contributed by atoms with Crippen LogP contribution in [0.1, 0.15) is 24.7 Å². The summed E-state index contributed by atoms with van der Waals surface area (Å²) >= 11 is 7.70. The van der Waals surface area contributed by atoms with Crippen molar-refractivity contribution in [3.8, 4) is 5.75 Å². The Labute approximate surface area is 146 Å². The number of carbonyl (C=O) groups is 1. The lowest BCUT2D eigenvalue weighted by Crippen LogP contribution is -2.23. The Morgan fingerprint density at radius 2 is 1.87 bits per heavy atom. The van der Waals surface area contributed by atoms with Crippen LogP contribution in [0, 0.1) is 0 Å². The second-order valence-corrected chi connectivity index (χ2v) is 7.26. The fraction of sp³-hybridized carbons (Fsp3) is 0.278. The van der Waals surface area contributed by atoms with E-state index in [9.17, 15) is 4.79 Å². The Bertz CT molecular complexity index is 663. The van der Waals surface area contributed by atoms with Gasteiger partial charge in [-0.3, -0.25) is 4.79 Å². The summed E-state index contributed by atoms with van der Waals surface area (Å²) in [5.41, 5.74) is 1.88. The first-order chi connectivity index (χ1) is 11.0. The van der Waals surface area contributed by atoms with Crippen molar-refractivity contribution < 1.29 is 9.53 Å². The van der Waals surface area contributed by atoms with Crippen LogP contribution in [0.25, 0.3) is 0 Å². The molecule has 0 aliphatic carbocycles. The van der Waals surface area contributed by atoms with Crippen LogP contribution in [0.3, 0.4) is 0 Å². The van der Waals surface area contributed by atoms with Crippen molar-refractivity contribution in [3.63, 3.8) is 0 Å². The molecule has 122 valence electrons. The molecular formula is C18H20ClNO2S. The van der Waals surface area contributed by atoms with Crippen LogP contribution in [-0.2, 0) is 4.79 Å². The van der Waals surface area contributed by atoms with Gasteiger partial charge in [0.2, 0.25) is 5.91 Å². The first kappa shape index (κ1) is 17.7. The van der Waals surface area contributed by atoms with Crippen molar-refractivity contribution in [2.45, 2.75) is 24.3 Å². The quantitative estimate of drug-likeness (QED) is 0.781. The van der Waals surface area contributed by atoms with E-state index in [1.54, 1.807) is 37.1 Å². The van der Waals surface area contributed by atoms with Crippen LogP contribution in [-0.4, -0.2) is 18.3 Å². The van der Waals surface area contributed by atoms with Crippen LogP contribution < -0.4 is 10.1 Å². The Morgan fingerprint density at radius 1 is 1.17 bits per heavy atom. The zero-order valence-corrected chi connectivity index (χ0v) is 14.9. The molecule has 2 aromatic rings. The standard InChI is InChI=1S/C18H20ClNO2S/c1-12(14-7-5-4-6-8-14)23-13(2)18(21)20-15-9-10-17(22-3)16(19)11-15/h4-13H,1-3H3,(H,20,21). The number of ether oxygens (including phenoxy) is 1. The SMILES string of the molecule is COc1ccc(NC(=O)C(C)SC(C)c2ccccc2)cc1Cl. The van der Waals surface area contributed by atoms with Crippen molar-refractivity contribution in [1.82, 2.24) is 0 Å². The normalized spacial score (nSPS) is 13.2. The van der Waals surface area contributed by atoms with E-state index in [0.717, 1.165) is 0 Å². The molecule has 23 heavy (non-hydrogen) atoms. The zero-order valence-electron chi connectivity index (χ0n) is 13.4. The van der Waals surface area contributed by atoms with E-state index in [4.69, 9.17) is 16.3 Å². The smallest absolute Gasteiger partial charge is 0.237 e. The van der Waals surface area contributed by atoms with Gasteiger partial charge in [0.1, 0.15) is 5.75 Å². The summed E-state index contributed by atoms with van der Waals surface area (Å²) in [4.78, 5) is 12.3. The number of carbonyl (C=O) groups excluding carboxylic acids is 1. The Balaban J connectivity index is 1.96. The van der Waals surface area contributed by atoms with Crippen molar-refractivity contribution in [2.75, 3.05) is 12.4 Å². The highest BCUT2D eigenvalue weighted by atomic mass is 35.5. The molecule has 2 atom stereocenters. The molecular weight excluding hydrogens is 330 g/mol. The van der Waals surface area contributed by atoms with Gasteiger partial charge in [-0.2, -0.15) is 0 Å². The van der Waals surface area contributed by atoms with Gasteiger partial charge >= 0.3 is 0 Å². The van der Waals surface area contributed by atoms with E-state index >= 15 is 0 Å². The first-order valence-corrected chi connectivity index (χ1v) is 8.68. The van der Waals surface area contributed by atoms with Crippen LogP contribution in [0.2, 0.25) is 5.02 Å². The summed E-state index contributed by atoms with van der Waals surface area (Å²) < 4.78 is 5.11. The van der Waals surface area contributed by atoms with E-state index < -0.39 is 0 Å². The Morgan fingerprint density at radius 3 is 2.48 bits per heavy atom. The van der Waals surface area contributed by atoms with Crippen LogP contribution >= 0.6 is 23.4 Å². The van der Waals surface area contributed by atoms with Crippen molar-refractivity contribution >= 4 is 35.0 Å². The van der Waals surface area contributed by atoms with E-state index in [1.165, 1.54) is 5.56 Å². The van der Waals surface area contributed by atoms with Gasteiger partial charge in [-0.05, 0) is 37.6 Å². The number of hydrogen-bond acceptors (Lipinski definition) is 3. The molecule has 1 N–H and O–H groups in total. The van der Waals surface area contributed by atoms with Crippen molar-refractivity contribution in [3.05, 3.63) is 59.1 Å². The Hall–Kier alpha value is -1.65. The number of thioether (sulfide) groups is 1. The van der Waals surface area contributed by atoms with Crippen LogP contribution in [0.5, 0.6) is 5.75 Å². The largest absolute Gasteiger partial charge is 0.495 e. The van der Waals surface area contributed by atoms with Gasteiger partial charge in [-0.25, -0.2) is 0 Å². The molecule has 0 aliphatic heterocycles. The molecule has 1 amide bonds. The van der Waals surface area contributed by atoms with Gasteiger partial charge < -0.3 is 10.1 Å². The molecule has 3 nitrogen and oxygen atoms in total. The molecule has 2 unspecified atom stereocenters. The van der Waals surface area contributed by atoms with E-state index in [1.807, 2.05) is 25.1 Å². The number of anilines is 1. The topological polar surface area (TPSA) is 38.3 Å². The fourth-order valence-electron chi connectivity index (χ4n) is 2.16. The lowest BCUT2D eigenvalue weighted by Gasteiger charge is -2.17. The summed E-state index contributed by atoms with van der Waals surface area (Å²) in [7, 11) is 1.56. The predicted octanol–water partition coefficient (Wildman–Crippen LogP) is 5.17. The maximum absolute atomic E-state index is 12.3. The molecule has 5 heteroatoms. The third-order valence-corrected chi connectivity index (χ3v) is 5.06. The van der Waals surface area contributed by atoms with Crippen molar-refractivity contribution in [2.24, 2.45) is 0 Å². The van der Waals surface area contributed by atoms with Gasteiger partial charge in [-0.15, -0.1) is 11.8 Å². The summed E-state index contributed by atoms with van der Waals surface area (Å²) in [6.07, 6.45) is 0. The number of benzene rings is 2. The number of methoxy groups -OCH3 is 1. The average Bonchev–Trinajstić information content (AvgIpc) is 2.55. The number of nitrogens with one attached hydrogen (secondary N) is 1. The number of hydrogen-bond donors (Lipinski definition) is 1. The molecule has 0 aliphatic rings. The summed E-state index contributed by atoms with van der Waals surface area (Å²) in [5.74, 6) is 0.545. The van der Waals surface area contributed by atoms with E-state index in [2.05, 4.69) is 24.4 Å². The monoisotopic (exact) mass is 349 g/mol. The average molecular weight is 350 g/mol. The van der Waals surface area contributed by atoms with Crippen LogP contribution in [0.15, 0.2) is 48.5 Å². The summed E-state index contributed by atoms with van der Waals surface area (Å²) in [6.45, 7) is 4.01. The molecule has 0 saturated heterocycles. The fourth-order valence-corrected chi connectivity index (χ4v) is 3.53. The summed E-state index contributed by atoms with van der Waals surface area (Å²) in [5, 5.41) is 3.44. The lowest BCUT2D eigenvalue weighted by molar-refractivity contribution is -0.115. The molecule has 0 fully saturated rings. The zero-order chi connectivity index (χ0) is 16.8. The third kappa shape index (κ3) is 4.91. The number of rotatable bonds is 6. The third-order valence-electron chi connectivity index (χ3n) is 3.47. The first-order valence-electron chi connectivity index (χ1n) is 7.36. The van der Waals surface area contributed by atoms with Gasteiger partial charge in [0, 0.05) is 10.9 Å². The molecule has 2 rings (SSSR count). The molecule has 0 heterocycles. The predicted molar refractivity (Wildman–Crippen MR) is 98.5 cm³/mol. The maximum Gasteiger partial charge on any atom is 0.237 e. The van der Waals surface area contributed by atoms with Gasteiger partial charge in [0.15, 0.2) is 0 Å². The maximum atomic E-state index is 12.3. The minimum Gasteiger partial charge on any atom is -0.495 e. The number of halogens is 1. The van der Waals surface area contributed by atoms with Crippen molar-refractivity contribution in [1.29, 1.82) is 0 Å². The highest BCUT2D eigenvalue weighted by Gasteiger charge is 2.18. The van der Waals surface area contributed by atoms with E-state index in [-0.39, 0.29) is 16.4 Å². The second-order valence-electron chi connectivity index (χ2n) is 5.17. The molecule has 0 radical (unpaired) electrons. The number of amides is 1. The molecule has 2 aromatic carbocycles. The minimum atomic E-state index is -0.175. The minimum absolute atomic E-state index is 0.0426. The van der Waals surface area contributed by atoms with Crippen LogP contribution in [0.4, 0.5) is 5.69 Å². The molecule has 0 aromatic heterocycles. The van der Waals surface area contributed by atoms with Gasteiger partial charge in [0.25, 0.3) is 0 Å². The molecule has 0 spiro atoms. The lowest BCUT2D eigenvalue weighted by atomic mass is 10.2. The second kappa shape index (κ2) is 8.27. The van der Waals surface area contributed by atoms with Gasteiger partial charge in [-0.1, -0.05) is 41.9 Å². The highest BCUT2D eigenvalue weighted by molar-refractivity contribution is 8.00. The highest BCUT2D eigenvalue weighted by Crippen LogP contribution is 2.32. The Kier molecular flexibility index (Phi) is 6.37. The molecule has 0 saturated carbocycles.